The number of allylic oxidation sites excluding steroid dienone is 1. The minimum atomic E-state index is -0.455. The van der Waals surface area contributed by atoms with Gasteiger partial charge in [-0.25, -0.2) is 5.43 Å². The number of tetrazole rings is 1. The molecule has 1 amide bonds. The summed E-state index contributed by atoms with van der Waals surface area (Å²) in [7, 11) is 0. The summed E-state index contributed by atoms with van der Waals surface area (Å²) in [4.78, 5) is 24.3. The van der Waals surface area contributed by atoms with Gasteiger partial charge in [-0.05, 0) is 41.1 Å². The first kappa shape index (κ1) is 22.2. The molecule has 0 unspecified atom stereocenters. The molecule has 4 rings (SSSR count). The maximum Gasteiger partial charge on any atom is 0.276 e. The molecule has 0 fully saturated rings. The maximum absolute atomic E-state index is 12.3. The van der Waals surface area contributed by atoms with E-state index in [-0.39, 0.29) is 11.6 Å². The van der Waals surface area contributed by atoms with Crippen molar-refractivity contribution in [1.29, 1.82) is 0 Å². The standard InChI is InChI=1S/C24H19N7O3/c32-24(27-25-16-6-10-19-7-4-5-11-22(19)31(33)34)21-14-12-18(13-15-21)17-30-28-23(26-29-30)20-8-2-1-3-9-20/h1-16H,17H2,(H,27,32)/b10-6+,25-16-. The average molecular weight is 453 g/mol. The fraction of sp³-hybridized carbons (Fsp3) is 0.0417. The summed E-state index contributed by atoms with van der Waals surface area (Å²) in [6, 6.07) is 22.9. The summed E-state index contributed by atoms with van der Waals surface area (Å²) in [6.07, 6.45) is 4.41. The highest BCUT2D eigenvalue weighted by molar-refractivity contribution is 5.94. The Morgan fingerprint density at radius 3 is 2.53 bits per heavy atom. The summed E-state index contributed by atoms with van der Waals surface area (Å²) < 4.78 is 0. The Morgan fingerprint density at radius 2 is 1.76 bits per heavy atom. The van der Waals surface area contributed by atoms with Crippen molar-refractivity contribution in [3.63, 3.8) is 0 Å². The fourth-order valence-electron chi connectivity index (χ4n) is 3.08. The van der Waals surface area contributed by atoms with Gasteiger partial charge in [-0.3, -0.25) is 14.9 Å². The van der Waals surface area contributed by atoms with Gasteiger partial charge in [0, 0.05) is 23.4 Å². The number of para-hydroxylation sites is 1. The molecule has 0 saturated carbocycles. The first-order chi connectivity index (χ1) is 16.6. The maximum atomic E-state index is 12.3. The number of hydrogen-bond acceptors (Lipinski definition) is 7. The quantitative estimate of drug-likeness (QED) is 0.246. The lowest BCUT2D eigenvalue weighted by molar-refractivity contribution is -0.385. The highest BCUT2D eigenvalue weighted by atomic mass is 16.6. The van der Waals surface area contributed by atoms with Gasteiger partial charge in [-0.2, -0.15) is 9.90 Å². The predicted molar refractivity (Wildman–Crippen MR) is 127 cm³/mol. The van der Waals surface area contributed by atoms with Crippen molar-refractivity contribution >= 4 is 23.9 Å². The van der Waals surface area contributed by atoms with Crippen molar-refractivity contribution in [2.45, 2.75) is 6.54 Å². The molecule has 1 heterocycles. The number of nitrogens with zero attached hydrogens (tertiary/aromatic N) is 6. The molecule has 4 aromatic rings. The van der Waals surface area contributed by atoms with Gasteiger partial charge < -0.3 is 0 Å². The Balaban J connectivity index is 1.31. The van der Waals surface area contributed by atoms with E-state index in [4.69, 9.17) is 0 Å². The Labute approximate surface area is 194 Å². The third-order valence-corrected chi connectivity index (χ3v) is 4.76. The van der Waals surface area contributed by atoms with E-state index < -0.39 is 4.92 Å². The number of hydrogen-bond donors (Lipinski definition) is 1. The lowest BCUT2D eigenvalue weighted by atomic mass is 10.1. The molecule has 0 radical (unpaired) electrons. The molecule has 10 nitrogen and oxygen atoms in total. The summed E-state index contributed by atoms with van der Waals surface area (Å²) in [5.41, 5.74) is 5.08. The molecule has 0 aliphatic heterocycles. The van der Waals surface area contributed by atoms with Gasteiger partial charge in [0.2, 0.25) is 5.82 Å². The number of nitrogens with one attached hydrogen (secondary N) is 1. The summed E-state index contributed by atoms with van der Waals surface area (Å²) >= 11 is 0. The van der Waals surface area contributed by atoms with Crippen LogP contribution in [-0.2, 0) is 6.54 Å². The van der Waals surface area contributed by atoms with Crippen molar-refractivity contribution in [1.82, 2.24) is 25.6 Å². The van der Waals surface area contributed by atoms with Gasteiger partial charge in [0.25, 0.3) is 11.6 Å². The number of carbonyl (C=O) groups is 1. The van der Waals surface area contributed by atoms with E-state index in [2.05, 4.69) is 25.9 Å². The molecule has 0 bridgehead atoms. The van der Waals surface area contributed by atoms with Crippen LogP contribution in [0.3, 0.4) is 0 Å². The molecule has 10 heteroatoms. The van der Waals surface area contributed by atoms with Gasteiger partial charge in [-0.1, -0.05) is 54.6 Å². The van der Waals surface area contributed by atoms with Crippen LogP contribution >= 0.6 is 0 Å². The molecule has 168 valence electrons. The van der Waals surface area contributed by atoms with E-state index in [0.29, 0.717) is 23.5 Å². The van der Waals surface area contributed by atoms with E-state index in [0.717, 1.165) is 11.1 Å². The van der Waals surface area contributed by atoms with Crippen molar-refractivity contribution in [3.8, 4) is 11.4 Å². The third-order valence-electron chi connectivity index (χ3n) is 4.76. The molecule has 3 aromatic carbocycles. The van der Waals surface area contributed by atoms with Gasteiger partial charge in [0.1, 0.15) is 0 Å². The lowest BCUT2D eigenvalue weighted by Gasteiger charge is -2.02. The normalized spacial score (nSPS) is 11.2. The monoisotopic (exact) mass is 453 g/mol. The van der Waals surface area contributed by atoms with Crippen LogP contribution < -0.4 is 5.43 Å². The molecule has 0 saturated heterocycles. The molecule has 1 N–H and O–H groups in total. The van der Waals surface area contributed by atoms with Gasteiger partial charge in [-0.15, -0.1) is 10.2 Å². The van der Waals surface area contributed by atoms with Gasteiger partial charge in [0.05, 0.1) is 17.0 Å². The Kier molecular flexibility index (Phi) is 6.89. The summed E-state index contributed by atoms with van der Waals surface area (Å²) in [5.74, 6) is 0.164. The third kappa shape index (κ3) is 5.62. The second-order valence-corrected chi connectivity index (χ2v) is 7.10. The fourth-order valence-corrected chi connectivity index (χ4v) is 3.08. The highest BCUT2D eigenvalue weighted by Crippen LogP contribution is 2.18. The average Bonchev–Trinajstić information content (AvgIpc) is 3.33. The van der Waals surface area contributed by atoms with E-state index in [1.807, 2.05) is 30.3 Å². The Bertz CT molecular complexity index is 1350. The zero-order valence-electron chi connectivity index (χ0n) is 17.9. The van der Waals surface area contributed by atoms with Crippen LogP contribution in [0.2, 0.25) is 0 Å². The number of nitro benzene ring substituents is 1. The second kappa shape index (κ2) is 10.6. The van der Waals surface area contributed by atoms with Crippen LogP contribution in [-0.4, -0.2) is 37.3 Å². The number of benzene rings is 3. The van der Waals surface area contributed by atoms with Crippen LogP contribution in [0.25, 0.3) is 17.5 Å². The second-order valence-electron chi connectivity index (χ2n) is 7.10. The molecule has 0 aliphatic carbocycles. The van der Waals surface area contributed by atoms with E-state index in [1.165, 1.54) is 23.2 Å². The molecule has 0 aliphatic rings. The number of hydrazone groups is 1. The van der Waals surface area contributed by atoms with E-state index >= 15 is 0 Å². The Morgan fingerprint density at radius 1 is 1.03 bits per heavy atom. The summed E-state index contributed by atoms with van der Waals surface area (Å²) in [6.45, 7) is 0.413. The molecule has 1 aromatic heterocycles. The van der Waals surface area contributed by atoms with Gasteiger partial charge >= 0.3 is 0 Å². The minimum absolute atomic E-state index is 0.00587. The predicted octanol–water partition coefficient (Wildman–Crippen LogP) is 3.73. The van der Waals surface area contributed by atoms with Crippen molar-refractivity contribution in [2.75, 3.05) is 0 Å². The largest absolute Gasteiger partial charge is 0.276 e. The summed E-state index contributed by atoms with van der Waals surface area (Å²) in [5, 5.41) is 27.4. The Hall–Kier alpha value is -4.99. The smallest absolute Gasteiger partial charge is 0.267 e. The van der Waals surface area contributed by atoms with Crippen LogP contribution in [0.5, 0.6) is 0 Å². The first-order valence-electron chi connectivity index (χ1n) is 10.3. The van der Waals surface area contributed by atoms with Crippen LogP contribution in [0.1, 0.15) is 21.5 Å². The number of carbonyl (C=O) groups excluding carboxylic acids is 1. The van der Waals surface area contributed by atoms with Crippen molar-refractivity contribution < 1.29 is 9.72 Å². The molecule has 34 heavy (non-hydrogen) atoms. The molecular weight excluding hydrogens is 434 g/mol. The van der Waals surface area contributed by atoms with E-state index in [9.17, 15) is 14.9 Å². The van der Waals surface area contributed by atoms with Crippen molar-refractivity contribution in [2.24, 2.45) is 5.10 Å². The highest BCUT2D eigenvalue weighted by Gasteiger charge is 2.09. The molecular formula is C24H19N7O3. The number of nitro groups is 1. The molecule has 0 spiro atoms. The minimum Gasteiger partial charge on any atom is -0.267 e. The SMILES string of the molecule is O=C(N/N=C\C=C\c1ccccc1[N+](=O)[O-])c1ccc(Cn2nnc(-c3ccccc3)n2)cc1. The van der Waals surface area contributed by atoms with E-state index in [1.54, 1.807) is 48.5 Å². The number of amides is 1. The topological polar surface area (TPSA) is 128 Å². The van der Waals surface area contributed by atoms with Gasteiger partial charge in [0.15, 0.2) is 0 Å². The van der Waals surface area contributed by atoms with Crippen LogP contribution in [0.15, 0.2) is 90.0 Å². The lowest BCUT2D eigenvalue weighted by Crippen LogP contribution is -2.17. The number of aromatic nitrogens is 4. The van der Waals surface area contributed by atoms with Crippen LogP contribution in [0.4, 0.5) is 5.69 Å². The first-order valence-corrected chi connectivity index (χ1v) is 10.3. The number of rotatable bonds is 8. The van der Waals surface area contributed by atoms with Crippen LogP contribution in [0, 0.1) is 10.1 Å². The zero-order chi connectivity index (χ0) is 23.8. The molecule has 0 atom stereocenters. The van der Waals surface area contributed by atoms with Crippen molar-refractivity contribution in [3.05, 3.63) is 112 Å². The zero-order valence-corrected chi connectivity index (χ0v) is 17.9.